The highest BCUT2D eigenvalue weighted by Gasteiger charge is 2.55. The van der Waals surface area contributed by atoms with Gasteiger partial charge in [-0.25, -0.2) is 4.99 Å². The van der Waals surface area contributed by atoms with Gasteiger partial charge in [-0.1, -0.05) is 18.2 Å². The lowest BCUT2D eigenvalue weighted by Crippen LogP contribution is -2.63. The standard InChI is InChI=1S/C22H24F3NO10/c1-11(27)31-10-16-17(32-12(2)28)18(33-13(3)29)19(34-14(4)30)20(35-16)36-21(22(23,24)25)26-15-8-6-5-7-9-15/h5-9,16-20H,10H2,1-4H3/t16-,17-,18-,19-,20?/m1/s1. The second-order valence-corrected chi connectivity index (χ2v) is 7.44. The number of esters is 4. The molecule has 1 fully saturated rings. The molecule has 1 heterocycles. The van der Waals surface area contributed by atoms with Crippen molar-refractivity contribution >= 4 is 35.5 Å². The number of alkyl halides is 3. The third kappa shape index (κ3) is 8.52. The summed E-state index contributed by atoms with van der Waals surface area (Å²) in [5.74, 6) is -5.39. The van der Waals surface area contributed by atoms with Crippen molar-refractivity contribution in [2.45, 2.75) is 64.6 Å². The van der Waals surface area contributed by atoms with Gasteiger partial charge in [0.15, 0.2) is 12.2 Å². The lowest BCUT2D eigenvalue weighted by molar-refractivity contribution is -0.295. The molecule has 36 heavy (non-hydrogen) atoms. The summed E-state index contributed by atoms with van der Waals surface area (Å²) in [6, 6.07) is 7.01. The van der Waals surface area contributed by atoms with E-state index >= 15 is 0 Å². The molecule has 0 amide bonds. The monoisotopic (exact) mass is 519 g/mol. The third-order valence-electron chi connectivity index (χ3n) is 4.41. The maximum atomic E-state index is 13.8. The largest absolute Gasteiger partial charge is 0.468 e. The number of ether oxygens (including phenoxy) is 6. The zero-order chi connectivity index (χ0) is 27.0. The molecule has 0 saturated carbocycles. The Morgan fingerprint density at radius 1 is 0.806 bits per heavy atom. The molecule has 0 aliphatic carbocycles. The van der Waals surface area contributed by atoms with E-state index in [1.807, 2.05) is 0 Å². The second kappa shape index (κ2) is 12.3. The van der Waals surface area contributed by atoms with Crippen molar-refractivity contribution in [2.75, 3.05) is 6.61 Å². The minimum absolute atomic E-state index is 0.115. The number of carbonyl (C=O) groups is 4. The fourth-order valence-corrected chi connectivity index (χ4v) is 3.17. The van der Waals surface area contributed by atoms with Crippen LogP contribution in [0.1, 0.15) is 27.7 Å². The fraction of sp³-hybridized carbons (Fsp3) is 0.500. The first-order valence-corrected chi connectivity index (χ1v) is 10.5. The summed E-state index contributed by atoms with van der Waals surface area (Å²) in [4.78, 5) is 50.1. The molecule has 0 radical (unpaired) electrons. The number of benzene rings is 1. The van der Waals surface area contributed by atoms with E-state index in [9.17, 15) is 32.3 Å². The lowest BCUT2D eigenvalue weighted by Gasteiger charge is -2.43. The van der Waals surface area contributed by atoms with Gasteiger partial charge >= 0.3 is 30.1 Å². The van der Waals surface area contributed by atoms with Gasteiger partial charge < -0.3 is 28.4 Å². The Hall–Kier alpha value is -3.68. The summed E-state index contributed by atoms with van der Waals surface area (Å²) < 4.78 is 72.2. The highest BCUT2D eigenvalue weighted by molar-refractivity contribution is 5.84. The Bertz CT molecular complexity index is 982. The Kier molecular flexibility index (Phi) is 9.78. The van der Waals surface area contributed by atoms with Crippen LogP contribution in [0.5, 0.6) is 0 Å². The summed E-state index contributed by atoms with van der Waals surface area (Å²) in [5.41, 5.74) is -0.115. The van der Waals surface area contributed by atoms with Crippen molar-refractivity contribution in [1.29, 1.82) is 0 Å². The van der Waals surface area contributed by atoms with Crippen molar-refractivity contribution in [3.05, 3.63) is 30.3 Å². The van der Waals surface area contributed by atoms with E-state index in [-0.39, 0.29) is 5.69 Å². The summed E-state index contributed by atoms with van der Waals surface area (Å²) in [7, 11) is 0. The van der Waals surface area contributed by atoms with E-state index in [0.29, 0.717) is 0 Å². The van der Waals surface area contributed by atoms with Gasteiger partial charge in [0, 0.05) is 27.7 Å². The number of para-hydroxylation sites is 1. The molecule has 0 aromatic heterocycles. The number of aliphatic imine (C=N–C) groups is 1. The molecular weight excluding hydrogens is 495 g/mol. The van der Waals surface area contributed by atoms with Crippen LogP contribution in [0, 0.1) is 0 Å². The second-order valence-electron chi connectivity index (χ2n) is 7.44. The van der Waals surface area contributed by atoms with Crippen molar-refractivity contribution < 1.29 is 60.8 Å². The smallest absolute Gasteiger partial charge is 0.463 e. The molecule has 1 aliphatic heterocycles. The first-order valence-electron chi connectivity index (χ1n) is 10.5. The van der Waals surface area contributed by atoms with Crippen molar-refractivity contribution in [2.24, 2.45) is 4.99 Å². The Morgan fingerprint density at radius 2 is 1.33 bits per heavy atom. The first kappa shape index (κ1) is 28.6. The normalized spacial score (nSPS) is 24.3. The molecule has 0 spiro atoms. The average Bonchev–Trinajstić information content (AvgIpc) is 2.75. The van der Waals surface area contributed by atoms with Crippen LogP contribution in [0.15, 0.2) is 35.3 Å². The predicted octanol–water partition coefficient (Wildman–Crippen LogP) is 2.38. The summed E-state index contributed by atoms with van der Waals surface area (Å²) >= 11 is 0. The molecule has 0 bridgehead atoms. The number of halogens is 3. The third-order valence-corrected chi connectivity index (χ3v) is 4.41. The zero-order valence-corrected chi connectivity index (χ0v) is 19.6. The van der Waals surface area contributed by atoms with Crippen LogP contribution in [0.25, 0.3) is 0 Å². The number of rotatable bonds is 7. The SMILES string of the molecule is CC(=O)OC[C@H]1OC(OC(=Nc2ccccc2)C(F)(F)F)[C@H](OC(C)=O)[C@H](OC(C)=O)[C@@H]1OC(C)=O. The van der Waals surface area contributed by atoms with Crippen LogP contribution in [-0.4, -0.2) is 73.3 Å². The van der Waals surface area contributed by atoms with E-state index in [2.05, 4.69) is 4.99 Å². The van der Waals surface area contributed by atoms with Crippen LogP contribution in [-0.2, 0) is 47.6 Å². The van der Waals surface area contributed by atoms with Gasteiger partial charge in [-0.05, 0) is 12.1 Å². The minimum Gasteiger partial charge on any atom is -0.463 e. The lowest BCUT2D eigenvalue weighted by atomic mass is 9.98. The first-order chi connectivity index (χ1) is 16.8. The molecule has 11 nitrogen and oxygen atoms in total. The molecular formula is C22H24F3NO10. The van der Waals surface area contributed by atoms with Crippen LogP contribution in [0.3, 0.4) is 0 Å². The van der Waals surface area contributed by atoms with Gasteiger partial charge in [-0.3, -0.25) is 19.2 Å². The minimum atomic E-state index is -5.13. The maximum Gasteiger partial charge on any atom is 0.468 e. The van der Waals surface area contributed by atoms with Crippen LogP contribution >= 0.6 is 0 Å². The molecule has 1 aromatic rings. The van der Waals surface area contributed by atoms with Gasteiger partial charge in [0.25, 0.3) is 5.90 Å². The van der Waals surface area contributed by atoms with E-state index in [1.165, 1.54) is 24.3 Å². The van der Waals surface area contributed by atoms with Gasteiger partial charge in [0.2, 0.25) is 12.4 Å². The van der Waals surface area contributed by atoms with E-state index in [1.54, 1.807) is 6.07 Å². The average molecular weight is 519 g/mol. The topological polar surface area (TPSA) is 136 Å². The summed E-state index contributed by atoms with van der Waals surface area (Å²) in [6.07, 6.45) is -13.8. The number of hydrogen-bond donors (Lipinski definition) is 0. The van der Waals surface area contributed by atoms with Crippen molar-refractivity contribution in [1.82, 2.24) is 0 Å². The molecule has 1 unspecified atom stereocenters. The maximum absolute atomic E-state index is 13.8. The molecule has 1 saturated heterocycles. The molecule has 5 atom stereocenters. The van der Waals surface area contributed by atoms with Crippen LogP contribution < -0.4 is 0 Å². The Balaban J connectivity index is 2.55. The molecule has 1 aromatic carbocycles. The van der Waals surface area contributed by atoms with Gasteiger partial charge in [0.1, 0.15) is 12.7 Å². The van der Waals surface area contributed by atoms with Gasteiger partial charge in [0.05, 0.1) is 5.69 Å². The number of nitrogens with zero attached hydrogens (tertiary/aromatic N) is 1. The van der Waals surface area contributed by atoms with Crippen LogP contribution in [0.2, 0.25) is 0 Å². The number of carbonyl (C=O) groups excluding carboxylic acids is 4. The number of hydrogen-bond acceptors (Lipinski definition) is 11. The quantitative estimate of drug-likeness (QED) is 0.229. The fourth-order valence-electron chi connectivity index (χ4n) is 3.17. The summed E-state index contributed by atoms with van der Waals surface area (Å²) in [6.45, 7) is 3.34. The summed E-state index contributed by atoms with van der Waals surface area (Å²) in [5, 5.41) is 0. The van der Waals surface area contributed by atoms with Gasteiger partial charge in [-0.2, -0.15) is 13.2 Å². The molecule has 0 N–H and O–H groups in total. The Labute approximate surface area is 203 Å². The molecule has 198 valence electrons. The highest BCUT2D eigenvalue weighted by atomic mass is 19.4. The van der Waals surface area contributed by atoms with E-state index in [0.717, 1.165) is 27.7 Å². The van der Waals surface area contributed by atoms with Crippen LogP contribution in [0.4, 0.5) is 18.9 Å². The molecule has 14 heteroatoms. The van der Waals surface area contributed by atoms with Gasteiger partial charge in [-0.15, -0.1) is 0 Å². The molecule has 1 aliphatic rings. The van der Waals surface area contributed by atoms with Crippen molar-refractivity contribution in [3.8, 4) is 0 Å². The van der Waals surface area contributed by atoms with E-state index < -0.39 is 73.3 Å². The van der Waals surface area contributed by atoms with E-state index in [4.69, 9.17) is 28.4 Å². The Morgan fingerprint density at radius 3 is 1.83 bits per heavy atom. The van der Waals surface area contributed by atoms with Crippen molar-refractivity contribution in [3.63, 3.8) is 0 Å². The zero-order valence-electron chi connectivity index (χ0n) is 19.6. The highest BCUT2D eigenvalue weighted by Crippen LogP contribution is 2.32. The molecule has 2 rings (SSSR count). The predicted molar refractivity (Wildman–Crippen MR) is 113 cm³/mol.